The second-order valence-electron chi connectivity index (χ2n) is 6.61. The molecule has 0 aliphatic heterocycles. The molecule has 0 atom stereocenters. The summed E-state index contributed by atoms with van der Waals surface area (Å²) in [6.07, 6.45) is 3.13. The molecular weight excluding hydrogens is 376 g/mol. The molecule has 0 aliphatic carbocycles. The standard InChI is InChI=1S/C19H20N6O2S/c1-25(2)14-7-5-13(6-8-14)11-22-28(26,27)15-10-17(21-12-15)18-16-4-3-9-20-19(16)24-23-18/h3-10,12,21-22H,11H2,1-2H3,(H,20,23,24). The normalized spacial score (nSPS) is 11.8. The average molecular weight is 396 g/mol. The van der Waals surface area contributed by atoms with Gasteiger partial charge < -0.3 is 9.88 Å². The van der Waals surface area contributed by atoms with Crippen molar-refractivity contribution in [3.63, 3.8) is 0 Å². The highest BCUT2D eigenvalue weighted by atomic mass is 32.2. The lowest BCUT2D eigenvalue weighted by Crippen LogP contribution is -2.22. The highest BCUT2D eigenvalue weighted by Crippen LogP contribution is 2.26. The Morgan fingerprint density at radius 2 is 1.93 bits per heavy atom. The smallest absolute Gasteiger partial charge is 0.242 e. The van der Waals surface area contributed by atoms with Crippen molar-refractivity contribution in [1.82, 2.24) is 24.9 Å². The number of nitrogens with one attached hydrogen (secondary N) is 3. The summed E-state index contributed by atoms with van der Waals surface area (Å²) in [6.45, 7) is 0.216. The molecule has 0 unspecified atom stereocenters. The predicted molar refractivity (Wildman–Crippen MR) is 108 cm³/mol. The zero-order chi connectivity index (χ0) is 19.7. The third kappa shape index (κ3) is 3.49. The highest BCUT2D eigenvalue weighted by molar-refractivity contribution is 7.89. The molecule has 0 saturated heterocycles. The van der Waals surface area contributed by atoms with Gasteiger partial charge in [0.05, 0.1) is 11.4 Å². The zero-order valence-electron chi connectivity index (χ0n) is 15.5. The average Bonchev–Trinajstić information content (AvgIpc) is 3.34. The Bertz CT molecular complexity index is 1210. The van der Waals surface area contributed by atoms with E-state index in [1.54, 1.807) is 12.3 Å². The van der Waals surface area contributed by atoms with Crippen LogP contribution in [-0.2, 0) is 16.6 Å². The van der Waals surface area contributed by atoms with Crippen LogP contribution in [0, 0.1) is 0 Å². The highest BCUT2D eigenvalue weighted by Gasteiger charge is 2.18. The van der Waals surface area contributed by atoms with E-state index in [0.29, 0.717) is 17.0 Å². The van der Waals surface area contributed by atoms with Crippen LogP contribution < -0.4 is 9.62 Å². The lowest BCUT2D eigenvalue weighted by molar-refractivity contribution is 0.581. The molecular formula is C19H20N6O2S. The number of aromatic amines is 2. The minimum absolute atomic E-state index is 0.166. The van der Waals surface area contributed by atoms with E-state index in [9.17, 15) is 8.42 Å². The summed E-state index contributed by atoms with van der Waals surface area (Å²) in [6, 6.07) is 13.0. The van der Waals surface area contributed by atoms with Crippen LogP contribution in [0.1, 0.15) is 5.56 Å². The van der Waals surface area contributed by atoms with Gasteiger partial charge in [-0.1, -0.05) is 12.1 Å². The van der Waals surface area contributed by atoms with E-state index in [1.165, 1.54) is 6.20 Å². The molecule has 1 aromatic carbocycles. The molecule has 0 amide bonds. The number of anilines is 1. The number of H-pyrrole nitrogens is 2. The summed E-state index contributed by atoms with van der Waals surface area (Å²) >= 11 is 0. The first-order chi connectivity index (χ1) is 13.4. The van der Waals surface area contributed by atoms with Crippen LogP contribution in [0.15, 0.2) is 59.8 Å². The van der Waals surface area contributed by atoms with E-state index in [0.717, 1.165) is 16.6 Å². The lowest BCUT2D eigenvalue weighted by Gasteiger charge is -2.12. The van der Waals surface area contributed by atoms with Crippen LogP contribution in [0.3, 0.4) is 0 Å². The molecule has 0 radical (unpaired) electrons. The first-order valence-electron chi connectivity index (χ1n) is 8.68. The summed E-state index contributed by atoms with van der Waals surface area (Å²) in [4.78, 5) is 9.33. The summed E-state index contributed by atoms with van der Waals surface area (Å²) in [5.74, 6) is 0. The SMILES string of the molecule is CN(C)c1ccc(CNS(=O)(=O)c2c[nH]c(-c3[nH]nc4ncccc34)c2)cc1. The van der Waals surface area contributed by atoms with Crippen LogP contribution in [0.25, 0.3) is 22.4 Å². The maximum absolute atomic E-state index is 12.6. The van der Waals surface area contributed by atoms with Crippen molar-refractivity contribution in [2.75, 3.05) is 19.0 Å². The van der Waals surface area contributed by atoms with Crippen molar-refractivity contribution < 1.29 is 8.42 Å². The van der Waals surface area contributed by atoms with Gasteiger partial charge in [-0.05, 0) is 35.9 Å². The number of aromatic nitrogens is 4. The van der Waals surface area contributed by atoms with Crippen molar-refractivity contribution in [2.24, 2.45) is 0 Å². The first-order valence-corrected chi connectivity index (χ1v) is 10.2. The van der Waals surface area contributed by atoms with E-state index in [4.69, 9.17) is 0 Å². The van der Waals surface area contributed by atoms with Crippen LogP contribution in [-0.4, -0.2) is 42.7 Å². The Hall–Kier alpha value is -3.17. The monoisotopic (exact) mass is 396 g/mol. The topological polar surface area (TPSA) is 107 Å². The van der Waals surface area contributed by atoms with Gasteiger partial charge >= 0.3 is 0 Å². The van der Waals surface area contributed by atoms with E-state index < -0.39 is 10.0 Å². The minimum atomic E-state index is -3.65. The number of hydrogen-bond acceptors (Lipinski definition) is 5. The largest absolute Gasteiger partial charge is 0.378 e. The molecule has 0 spiro atoms. The van der Waals surface area contributed by atoms with Crippen LogP contribution in [0.5, 0.6) is 0 Å². The van der Waals surface area contributed by atoms with Gasteiger partial charge in [-0.2, -0.15) is 5.10 Å². The maximum Gasteiger partial charge on any atom is 0.242 e. The lowest BCUT2D eigenvalue weighted by atomic mass is 10.2. The van der Waals surface area contributed by atoms with Crippen molar-refractivity contribution in [3.8, 4) is 11.4 Å². The third-order valence-electron chi connectivity index (χ3n) is 4.48. The number of sulfonamides is 1. The number of rotatable bonds is 6. The Morgan fingerprint density at radius 3 is 2.68 bits per heavy atom. The van der Waals surface area contributed by atoms with Gasteiger partial charge in [0.2, 0.25) is 10.0 Å². The number of pyridine rings is 1. The molecule has 28 heavy (non-hydrogen) atoms. The van der Waals surface area contributed by atoms with Gasteiger partial charge in [0.25, 0.3) is 0 Å². The molecule has 3 N–H and O–H groups in total. The molecule has 0 saturated carbocycles. The predicted octanol–water partition coefficient (Wildman–Crippen LogP) is 2.50. The fraction of sp³-hybridized carbons (Fsp3) is 0.158. The van der Waals surface area contributed by atoms with Gasteiger partial charge in [0.1, 0.15) is 4.90 Å². The molecule has 3 aromatic heterocycles. The summed E-state index contributed by atoms with van der Waals surface area (Å²) in [5.41, 5.74) is 3.85. The second-order valence-corrected chi connectivity index (χ2v) is 8.37. The third-order valence-corrected chi connectivity index (χ3v) is 5.87. The summed E-state index contributed by atoms with van der Waals surface area (Å²) < 4.78 is 27.9. The van der Waals surface area contributed by atoms with Gasteiger partial charge in [-0.3, -0.25) is 5.10 Å². The fourth-order valence-electron chi connectivity index (χ4n) is 2.90. The van der Waals surface area contributed by atoms with E-state index in [2.05, 4.69) is 24.9 Å². The Labute approximate surface area is 162 Å². The van der Waals surface area contributed by atoms with Gasteiger partial charge in [-0.15, -0.1) is 0 Å². The molecule has 3 heterocycles. The van der Waals surface area contributed by atoms with Crippen molar-refractivity contribution >= 4 is 26.7 Å². The zero-order valence-corrected chi connectivity index (χ0v) is 16.3. The van der Waals surface area contributed by atoms with Gasteiger partial charge in [0, 0.05) is 44.1 Å². The van der Waals surface area contributed by atoms with E-state index >= 15 is 0 Å². The molecule has 8 nitrogen and oxygen atoms in total. The number of nitrogens with zero attached hydrogens (tertiary/aromatic N) is 3. The minimum Gasteiger partial charge on any atom is -0.378 e. The van der Waals surface area contributed by atoms with E-state index in [1.807, 2.05) is 55.4 Å². The molecule has 0 bridgehead atoms. The summed E-state index contributed by atoms with van der Waals surface area (Å²) in [5, 5.41) is 7.86. The molecule has 0 aliphatic rings. The van der Waals surface area contributed by atoms with E-state index in [-0.39, 0.29) is 11.4 Å². The second kappa shape index (κ2) is 7.10. The fourth-order valence-corrected chi connectivity index (χ4v) is 3.91. The number of fused-ring (bicyclic) bond motifs is 1. The van der Waals surface area contributed by atoms with Crippen molar-refractivity contribution in [1.29, 1.82) is 0 Å². The quantitative estimate of drug-likeness (QED) is 0.464. The molecule has 144 valence electrons. The molecule has 9 heteroatoms. The summed E-state index contributed by atoms with van der Waals surface area (Å²) in [7, 11) is 0.267. The van der Waals surface area contributed by atoms with Crippen molar-refractivity contribution in [2.45, 2.75) is 11.4 Å². The van der Waals surface area contributed by atoms with Crippen LogP contribution >= 0.6 is 0 Å². The van der Waals surface area contributed by atoms with Crippen LogP contribution in [0.2, 0.25) is 0 Å². The van der Waals surface area contributed by atoms with Gasteiger partial charge in [0.15, 0.2) is 5.65 Å². The van der Waals surface area contributed by atoms with Crippen LogP contribution in [0.4, 0.5) is 5.69 Å². The van der Waals surface area contributed by atoms with Gasteiger partial charge in [-0.25, -0.2) is 18.1 Å². The first kappa shape index (κ1) is 18.2. The Kier molecular flexibility index (Phi) is 4.62. The molecule has 4 rings (SSSR count). The number of benzene rings is 1. The number of hydrogen-bond donors (Lipinski definition) is 3. The molecule has 0 fully saturated rings. The maximum atomic E-state index is 12.6. The Balaban J connectivity index is 1.52. The Morgan fingerprint density at radius 1 is 1.14 bits per heavy atom. The van der Waals surface area contributed by atoms with Crippen molar-refractivity contribution in [3.05, 3.63) is 60.4 Å². The molecule has 4 aromatic rings.